The summed E-state index contributed by atoms with van der Waals surface area (Å²) in [5, 5.41) is 3.08. The average Bonchev–Trinajstić information content (AvgIpc) is 3.32. The van der Waals surface area contributed by atoms with Crippen LogP contribution in [0.15, 0.2) is 52.2 Å². The summed E-state index contributed by atoms with van der Waals surface area (Å²) >= 11 is 5.09. The minimum atomic E-state index is 0.714. The molecule has 0 bridgehead atoms. The zero-order valence-electron chi connectivity index (χ0n) is 14.3. The van der Waals surface area contributed by atoms with Crippen molar-refractivity contribution in [2.45, 2.75) is 10.1 Å². The minimum Gasteiger partial charge on any atom is -0.493 e. The van der Waals surface area contributed by atoms with E-state index in [0.717, 1.165) is 37.6 Å². The van der Waals surface area contributed by atoms with Crippen LogP contribution in [0.4, 0.5) is 0 Å². The van der Waals surface area contributed by atoms with Crippen molar-refractivity contribution in [2.24, 2.45) is 0 Å². The Bertz CT molecular complexity index is 1010. The van der Waals surface area contributed by atoms with E-state index in [9.17, 15) is 0 Å². The smallest absolute Gasteiger partial charge is 0.161 e. The molecule has 2 heterocycles. The molecule has 0 aliphatic heterocycles. The van der Waals surface area contributed by atoms with Crippen molar-refractivity contribution in [3.63, 3.8) is 0 Å². The number of ether oxygens (including phenoxy) is 2. The van der Waals surface area contributed by atoms with Crippen LogP contribution in [-0.4, -0.2) is 24.2 Å². The van der Waals surface area contributed by atoms with Gasteiger partial charge < -0.3 is 9.47 Å². The molecule has 2 aromatic heterocycles. The number of hydrogen-bond acceptors (Lipinski definition) is 7. The van der Waals surface area contributed by atoms with Crippen molar-refractivity contribution in [1.29, 1.82) is 0 Å². The van der Waals surface area contributed by atoms with Gasteiger partial charge in [-0.25, -0.2) is 9.97 Å². The van der Waals surface area contributed by atoms with Gasteiger partial charge >= 0.3 is 0 Å². The van der Waals surface area contributed by atoms with Gasteiger partial charge in [0.05, 0.1) is 30.1 Å². The molecule has 0 N–H and O–H groups in total. The van der Waals surface area contributed by atoms with E-state index < -0.39 is 0 Å². The third-order valence-corrected chi connectivity index (χ3v) is 6.95. The van der Waals surface area contributed by atoms with Crippen molar-refractivity contribution in [3.8, 4) is 22.1 Å². The van der Waals surface area contributed by atoms with Gasteiger partial charge in [-0.05, 0) is 30.3 Å². The molecule has 0 saturated carbocycles. The monoisotopic (exact) mass is 400 g/mol. The van der Waals surface area contributed by atoms with Gasteiger partial charge in [0.1, 0.15) is 5.01 Å². The van der Waals surface area contributed by atoms with Crippen LogP contribution in [0.2, 0.25) is 0 Å². The van der Waals surface area contributed by atoms with Gasteiger partial charge in [-0.15, -0.1) is 22.7 Å². The van der Waals surface area contributed by atoms with Gasteiger partial charge in [0.2, 0.25) is 0 Å². The number of aromatic nitrogens is 2. The number of hydrogen-bond donors (Lipinski definition) is 0. The Morgan fingerprint density at radius 1 is 1.00 bits per heavy atom. The molecule has 26 heavy (non-hydrogen) atoms. The van der Waals surface area contributed by atoms with Crippen molar-refractivity contribution < 1.29 is 9.47 Å². The molecule has 0 aliphatic rings. The molecule has 0 amide bonds. The molecule has 0 atom stereocenters. The number of para-hydroxylation sites is 1. The van der Waals surface area contributed by atoms with Gasteiger partial charge in [0.25, 0.3) is 0 Å². The zero-order valence-corrected chi connectivity index (χ0v) is 16.7. The van der Waals surface area contributed by atoms with Gasteiger partial charge in [0, 0.05) is 16.7 Å². The summed E-state index contributed by atoms with van der Waals surface area (Å²) in [7, 11) is 3.28. The lowest BCUT2D eigenvalue weighted by molar-refractivity contribution is 0.355. The average molecular weight is 401 g/mol. The van der Waals surface area contributed by atoms with Gasteiger partial charge in [0.15, 0.2) is 15.8 Å². The van der Waals surface area contributed by atoms with Gasteiger partial charge in [-0.2, -0.15) is 0 Å². The highest BCUT2D eigenvalue weighted by Gasteiger charge is 2.11. The molecule has 0 aliphatic carbocycles. The summed E-state index contributed by atoms with van der Waals surface area (Å²) < 4.78 is 13.0. The predicted molar refractivity (Wildman–Crippen MR) is 110 cm³/mol. The van der Waals surface area contributed by atoms with Crippen LogP contribution in [-0.2, 0) is 5.75 Å². The van der Waals surface area contributed by atoms with E-state index in [0.29, 0.717) is 5.75 Å². The van der Waals surface area contributed by atoms with E-state index in [1.165, 1.54) is 4.70 Å². The number of methoxy groups -OCH3 is 2. The lowest BCUT2D eigenvalue weighted by Gasteiger charge is -2.08. The van der Waals surface area contributed by atoms with Crippen molar-refractivity contribution in [3.05, 3.63) is 53.5 Å². The molecular weight excluding hydrogens is 384 g/mol. The third-order valence-electron chi connectivity index (χ3n) is 3.80. The van der Waals surface area contributed by atoms with Crippen LogP contribution >= 0.6 is 34.4 Å². The summed E-state index contributed by atoms with van der Waals surface area (Å²) in [4.78, 5) is 9.42. The summed E-state index contributed by atoms with van der Waals surface area (Å²) in [6, 6.07) is 14.1. The number of benzene rings is 2. The number of fused-ring (bicyclic) bond motifs is 1. The normalized spacial score (nSPS) is 11.0. The first-order valence-corrected chi connectivity index (χ1v) is 10.6. The Balaban J connectivity index is 1.49. The van der Waals surface area contributed by atoms with E-state index in [-0.39, 0.29) is 0 Å². The lowest BCUT2D eigenvalue weighted by Crippen LogP contribution is -1.90. The first-order chi connectivity index (χ1) is 12.8. The first-order valence-electron chi connectivity index (χ1n) is 7.92. The maximum absolute atomic E-state index is 5.38. The molecule has 0 unspecified atom stereocenters. The van der Waals surface area contributed by atoms with E-state index in [1.54, 1.807) is 48.7 Å². The molecule has 4 rings (SSSR count). The topological polar surface area (TPSA) is 44.2 Å². The van der Waals surface area contributed by atoms with Crippen LogP contribution < -0.4 is 9.47 Å². The number of nitrogens with zero attached hydrogens (tertiary/aromatic N) is 2. The minimum absolute atomic E-state index is 0.714. The maximum Gasteiger partial charge on any atom is 0.161 e. The molecule has 4 nitrogen and oxygen atoms in total. The first kappa shape index (κ1) is 17.3. The molecule has 0 radical (unpaired) electrons. The molecule has 0 fully saturated rings. The van der Waals surface area contributed by atoms with Crippen LogP contribution in [0.5, 0.6) is 11.5 Å². The summed E-state index contributed by atoms with van der Waals surface area (Å²) in [6.07, 6.45) is 0. The number of thiazole rings is 2. The highest BCUT2D eigenvalue weighted by molar-refractivity contribution is 8.00. The molecule has 4 aromatic rings. The molecule has 132 valence electrons. The second-order valence-corrected chi connectivity index (χ2v) is 8.56. The Hall–Kier alpha value is -2.09. The highest BCUT2D eigenvalue weighted by atomic mass is 32.2. The fourth-order valence-electron chi connectivity index (χ4n) is 2.52. The summed E-state index contributed by atoms with van der Waals surface area (Å²) in [5.74, 6) is 2.24. The maximum atomic E-state index is 5.38. The van der Waals surface area contributed by atoms with Gasteiger partial charge in [-0.3, -0.25) is 0 Å². The summed E-state index contributed by atoms with van der Waals surface area (Å²) in [6.45, 7) is 0. The SMILES string of the molecule is COc1ccc(-c2nc(CSc3nc4ccccc4s3)cs2)cc1OC. The molecule has 7 heteroatoms. The second-order valence-electron chi connectivity index (χ2n) is 5.45. The lowest BCUT2D eigenvalue weighted by atomic mass is 10.2. The Morgan fingerprint density at radius 2 is 1.85 bits per heavy atom. The fourth-order valence-corrected chi connectivity index (χ4v) is 5.41. The zero-order chi connectivity index (χ0) is 17.9. The Labute approximate surface area is 163 Å². The van der Waals surface area contributed by atoms with E-state index in [1.807, 2.05) is 36.4 Å². The van der Waals surface area contributed by atoms with E-state index in [4.69, 9.17) is 14.5 Å². The van der Waals surface area contributed by atoms with Crippen LogP contribution in [0.3, 0.4) is 0 Å². The number of thioether (sulfide) groups is 1. The van der Waals surface area contributed by atoms with E-state index in [2.05, 4.69) is 16.4 Å². The fraction of sp³-hybridized carbons (Fsp3) is 0.158. The third kappa shape index (κ3) is 3.56. The standard InChI is InChI=1S/C19H16N2O2S3/c1-22-15-8-7-12(9-16(15)23-2)18-20-13(10-24-18)11-25-19-21-14-5-3-4-6-17(14)26-19/h3-10H,11H2,1-2H3. The number of rotatable bonds is 6. The molecule has 0 saturated heterocycles. The predicted octanol–water partition coefficient (Wildman–Crippen LogP) is 5.73. The van der Waals surface area contributed by atoms with Crippen LogP contribution in [0, 0.1) is 0 Å². The summed E-state index contributed by atoms with van der Waals surface area (Å²) in [5.41, 5.74) is 3.15. The molecule has 0 spiro atoms. The quantitative estimate of drug-likeness (QED) is 0.387. The van der Waals surface area contributed by atoms with Crippen LogP contribution in [0.25, 0.3) is 20.8 Å². The molecule has 2 aromatic carbocycles. The van der Waals surface area contributed by atoms with Gasteiger partial charge in [-0.1, -0.05) is 23.9 Å². The Kier molecular flexibility index (Phi) is 5.10. The van der Waals surface area contributed by atoms with Crippen LogP contribution in [0.1, 0.15) is 5.69 Å². The Morgan fingerprint density at radius 3 is 2.65 bits per heavy atom. The largest absolute Gasteiger partial charge is 0.493 e. The highest BCUT2D eigenvalue weighted by Crippen LogP contribution is 2.35. The molecular formula is C19H16N2O2S3. The van der Waals surface area contributed by atoms with Crippen molar-refractivity contribution in [2.75, 3.05) is 14.2 Å². The van der Waals surface area contributed by atoms with Crippen molar-refractivity contribution in [1.82, 2.24) is 9.97 Å². The van der Waals surface area contributed by atoms with Crippen molar-refractivity contribution >= 4 is 44.7 Å². The van der Waals surface area contributed by atoms with E-state index >= 15 is 0 Å². The second kappa shape index (κ2) is 7.65.